The number of aliphatic carboxylic acids is 1. The zero-order chi connectivity index (χ0) is 9.90. The van der Waals surface area contributed by atoms with E-state index in [4.69, 9.17) is 10.4 Å². The summed E-state index contributed by atoms with van der Waals surface area (Å²) >= 11 is 0. The number of carboxylic acids is 1. The van der Waals surface area contributed by atoms with Crippen molar-refractivity contribution in [1.82, 2.24) is 0 Å². The van der Waals surface area contributed by atoms with Gasteiger partial charge in [0, 0.05) is 5.56 Å². The molecule has 0 saturated carbocycles. The molecule has 1 unspecified atom stereocenters. The molecule has 0 radical (unpaired) electrons. The molecule has 0 aliphatic heterocycles. The number of hydrogen-bond acceptors (Lipinski definition) is 4. The van der Waals surface area contributed by atoms with Crippen molar-refractivity contribution in [1.29, 1.82) is 0 Å². The second-order valence-corrected chi connectivity index (χ2v) is 2.41. The standard InChI is InChI=1S/C8H8O5/c9-7(10)8(11,13-12)6-4-2-1-3-5-6/h1-5,11-12H,(H,9,10). The lowest BCUT2D eigenvalue weighted by Gasteiger charge is -2.18. The fourth-order valence-corrected chi connectivity index (χ4v) is 0.879. The van der Waals surface area contributed by atoms with Gasteiger partial charge in [0.2, 0.25) is 0 Å². The van der Waals surface area contributed by atoms with Gasteiger partial charge in [0.1, 0.15) is 0 Å². The summed E-state index contributed by atoms with van der Waals surface area (Å²) in [7, 11) is 0. The third kappa shape index (κ3) is 1.67. The molecule has 70 valence electrons. The van der Waals surface area contributed by atoms with E-state index in [0.717, 1.165) is 0 Å². The first kappa shape index (κ1) is 9.66. The van der Waals surface area contributed by atoms with Gasteiger partial charge in [-0.2, -0.15) is 4.89 Å². The van der Waals surface area contributed by atoms with Crippen LogP contribution < -0.4 is 0 Å². The van der Waals surface area contributed by atoms with Crippen LogP contribution in [0, 0.1) is 0 Å². The van der Waals surface area contributed by atoms with E-state index in [-0.39, 0.29) is 5.56 Å². The molecule has 0 heterocycles. The molecule has 5 nitrogen and oxygen atoms in total. The first-order chi connectivity index (χ1) is 6.11. The highest BCUT2D eigenvalue weighted by Gasteiger charge is 2.40. The summed E-state index contributed by atoms with van der Waals surface area (Å²) in [5.41, 5.74) is -0.0509. The number of aliphatic hydroxyl groups is 1. The fourth-order valence-electron chi connectivity index (χ4n) is 0.879. The van der Waals surface area contributed by atoms with Gasteiger partial charge in [0.15, 0.2) is 0 Å². The van der Waals surface area contributed by atoms with Crippen LogP contribution in [-0.4, -0.2) is 21.4 Å². The zero-order valence-corrected chi connectivity index (χ0v) is 6.54. The maximum Gasteiger partial charge on any atom is 0.372 e. The van der Waals surface area contributed by atoms with Crippen LogP contribution in [0.3, 0.4) is 0 Å². The van der Waals surface area contributed by atoms with Gasteiger partial charge in [-0.3, -0.25) is 0 Å². The third-order valence-corrected chi connectivity index (χ3v) is 1.59. The van der Waals surface area contributed by atoms with Gasteiger partial charge < -0.3 is 10.2 Å². The number of rotatable bonds is 3. The monoisotopic (exact) mass is 184 g/mol. The van der Waals surface area contributed by atoms with Crippen LogP contribution in [0.15, 0.2) is 30.3 Å². The first-order valence-electron chi connectivity index (χ1n) is 3.45. The minimum Gasteiger partial charge on any atom is -0.477 e. The van der Waals surface area contributed by atoms with Gasteiger partial charge in [-0.25, -0.2) is 10.1 Å². The molecule has 1 aromatic carbocycles. The molecule has 3 N–H and O–H groups in total. The predicted molar refractivity (Wildman–Crippen MR) is 41.7 cm³/mol. The normalized spacial score (nSPS) is 14.9. The number of benzene rings is 1. The molecule has 5 heteroatoms. The molecule has 0 saturated heterocycles. The van der Waals surface area contributed by atoms with Crippen molar-refractivity contribution in [3.63, 3.8) is 0 Å². The van der Waals surface area contributed by atoms with Crippen molar-refractivity contribution in [3.8, 4) is 0 Å². The number of carboxylic acid groups (broad SMARTS) is 1. The highest BCUT2D eigenvalue weighted by atomic mass is 17.1. The highest BCUT2D eigenvalue weighted by molar-refractivity contribution is 5.77. The van der Waals surface area contributed by atoms with Crippen LogP contribution in [0.2, 0.25) is 0 Å². The lowest BCUT2D eigenvalue weighted by atomic mass is 10.1. The van der Waals surface area contributed by atoms with E-state index in [0.29, 0.717) is 0 Å². The summed E-state index contributed by atoms with van der Waals surface area (Å²) in [5, 5.41) is 26.1. The third-order valence-electron chi connectivity index (χ3n) is 1.59. The molecule has 1 atom stereocenters. The Bertz CT molecular complexity index is 297. The Balaban J connectivity index is 3.11. The lowest BCUT2D eigenvalue weighted by Crippen LogP contribution is -2.37. The summed E-state index contributed by atoms with van der Waals surface area (Å²) in [4.78, 5) is 14.1. The molecule has 0 bridgehead atoms. The second kappa shape index (κ2) is 3.53. The van der Waals surface area contributed by atoms with Crippen molar-refractivity contribution in [2.24, 2.45) is 0 Å². The molecule has 0 aliphatic rings. The first-order valence-corrected chi connectivity index (χ1v) is 3.45. The molecule has 0 fully saturated rings. The van der Waals surface area contributed by atoms with E-state index >= 15 is 0 Å². The zero-order valence-electron chi connectivity index (χ0n) is 6.54. The van der Waals surface area contributed by atoms with Gasteiger partial charge >= 0.3 is 11.8 Å². The van der Waals surface area contributed by atoms with E-state index < -0.39 is 11.8 Å². The summed E-state index contributed by atoms with van der Waals surface area (Å²) in [5.74, 6) is -4.37. The van der Waals surface area contributed by atoms with Crippen molar-refractivity contribution >= 4 is 5.97 Å². The van der Waals surface area contributed by atoms with Crippen molar-refractivity contribution in [2.45, 2.75) is 5.79 Å². The Morgan fingerprint density at radius 3 is 2.23 bits per heavy atom. The Morgan fingerprint density at radius 2 is 1.85 bits per heavy atom. The quantitative estimate of drug-likeness (QED) is 0.359. The molecule has 0 aliphatic carbocycles. The Hall–Kier alpha value is -1.43. The molecular weight excluding hydrogens is 176 g/mol. The summed E-state index contributed by atoms with van der Waals surface area (Å²) < 4.78 is 0. The van der Waals surface area contributed by atoms with Crippen LogP contribution in [-0.2, 0) is 15.5 Å². The average Bonchev–Trinajstić information content (AvgIpc) is 2.17. The van der Waals surface area contributed by atoms with E-state index in [1.807, 2.05) is 0 Å². The molecular formula is C8H8O5. The van der Waals surface area contributed by atoms with Crippen LogP contribution in [0.1, 0.15) is 5.56 Å². The van der Waals surface area contributed by atoms with E-state index in [1.165, 1.54) is 24.3 Å². The largest absolute Gasteiger partial charge is 0.477 e. The number of hydrogen-bond donors (Lipinski definition) is 3. The minimum absolute atomic E-state index is 0.0509. The van der Waals surface area contributed by atoms with Crippen molar-refractivity contribution < 1.29 is 25.2 Å². The van der Waals surface area contributed by atoms with Crippen molar-refractivity contribution in [2.75, 3.05) is 0 Å². The van der Waals surface area contributed by atoms with Gasteiger partial charge in [-0.05, 0) is 0 Å². The second-order valence-electron chi connectivity index (χ2n) is 2.41. The van der Waals surface area contributed by atoms with Crippen LogP contribution in [0.25, 0.3) is 0 Å². The molecule has 13 heavy (non-hydrogen) atoms. The highest BCUT2D eigenvalue weighted by Crippen LogP contribution is 2.21. The Morgan fingerprint density at radius 1 is 1.31 bits per heavy atom. The Kier molecular flexibility index (Phi) is 2.62. The van der Waals surface area contributed by atoms with Crippen LogP contribution in [0.5, 0.6) is 0 Å². The maximum absolute atomic E-state index is 10.5. The van der Waals surface area contributed by atoms with Crippen LogP contribution in [0.4, 0.5) is 0 Å². The molecule has 1 rings (SSSR count). The summed E-state index contributed by atoms with van der Waals surface area (Å²) in [6.45, 7) is 0. The predicted octanol–water partition coefficient (Wildman–Crippen LogP) is 0.406. The SMILES string of the molecule is O=C(O)C(O)(OO)c1ccccc1. The summed E-state index contributed by atoms with van der Waals surface area (Å²) in [6.07, 6.45) is 0. The Labute approximate surface area is 73.7 Å². The smallest absolute Gasteiger partial charge is 0.372 e. The van der Waals surface area contributed by atoms with Gasteiger partial charge in [0.05, 0.1) is 0 Å². The van der Waals surface area contributed by atoms with Crippen molar-refractivity contribution in [3.05, 3.63) is 35.9 Å². The molecule has 1 aromatic rings. The lowest BCUT2D eigenvalue weighted by molar-refractivity contribution is -0.386. The van der Waals surface area contributed by atoms with Gasteiger partial charge in [-0.15, -0.1) is 0 Å². The van der Waals surface area contributed by atoms with Crippen LogP contribution >= 0.6 is 0 Å². The van der Waals surface area contributed by atoms with Gasteiger partial charge in [-0.1, -0.05) is 30.3 Å². The van der Waals surface area contributed by atoms with E-state index in [2.05, 4.69) is 4.89 Å². The fraction of sp³-hybridized carbons (Fsp3) is 0.125. The summed E-state index contributed by atoms with van der Waals surface area (Å²) in [6, 6.07) is 7.32. The molecule has 0 spiro atoms. The topological polar surface area (TPSA) is 87.0 Å². The van der Waals surface area contributed by atoms with Gasteiger partial charge in [0.25, 0.3) is 0 Å². The number of carbonyl (C=O) groups is 1. The average molecular weight is 184 g/mol. The molecule has 0 amide bonds. The minimum atomic E-state index is -2.69. The van der Waals surface area contributed by atoms with E-state index in [1.54, 1.807) is 6.07 Å². The van der Waals surface area contributed by atoms with E-state index in [9.17, 15) is 9.90 Å². The maximum atomic E-state index is 10.5. The molecule has 0 aromatic heterocycles.